The van der Waals surface area contributed by atoms with Gasteiger partial charge in [-0.3, -0.25) is 34.3 Å². The van der Waals surface area contributed by atoms with Gasteiger partial charge in [0.15, 0.2) is 0 Å². The summed E-state index contributed by atoms with van der Waals surface area (Å²) in [4.78, 5) is 51.6. The minimum atomic E-state index is -0.552. The summed E-state index contributed by atoms with van der Waals surface area (Å²) in [5.41, 5.74) is 1.12. The molecule has 0 bridgehead atoms. The molecule has 8 nitrogen and oxygen atoms in total. The van der Waals surface area contributed by atoms with Gasteiger partial charge >= 0.3 is 0 Å². The molecule has 3 aromatic carbocycles. The van der Waals surface area contributed by atoms with Gasteiger partial charge in [-0.25, -0.2) is 0 Å². The van der Waals surface area contributed by atoms with Gasteiger partial charge in [-0.1, -0.05) is 12.1 Å². The van der Waals surface area contributed by atoms with Gasteiger partial charge in [0.1, 0.15) is 6.67 Å². The third kappa shape index (κ3) is 3.91. The molecule has 9 heteroatoms. The van der Waals surface area contributed by atoms with E-state index in [1.54, 1.807) is 48.5 Å². The second-order valence-electron chi connectivity index (χ2n) is 6.74. The van der Waals surface area contributed by atoms with Gasteiger partial charge in [0.2, 0.25) is 0 Å². The number of hydrogen-bond acceptors (Lipinski definition) is 5. The van der Waals surface area contributed by atoms with E-state index < -0.39 is 22.6 Å². The molecule has 1 aliphatic rings. The highest BCUT2D eigenvalue weighted by molar-refractivity contribution is 14.1. The number of nitrogens with zero attached hydrogens (tertiary/aromatic N) is 3. The van der Waals surface area contributed by atoms with E-state index in [1.807, 2.05) is 0 Å². The lowest BCUT2D eigenvalue weighted by Crippen LogP contribution is -2.44. The van der Waals surface area contributed by atoms with E-state index in [1.165, 1.54) is 29.2 Å². The third-order valence-corrected chi connectivity index (χ3v) is 5.59. The fourth-order valence-electron chi connectivity index (χ4n) is 3.27. The first-order valence-electron chi connectivity index (χ1n) is 9.14. The molecule has 0 N–H and O–H groups in total. The lowest BCUT2D eigenvalue weighted by Gasteiger charge is -2.27. The minimum absolute atomic E-state index is 0.141. The highest BCUT2D eigenvalue weighted by Gasteiger charge is 2.37. The van der Waals surface area contributed by atoms with Crippen LogP contribution in [0, 0.1) is 13.7 Å². The monoisotopic (exact) mass is 527 g/mol. The molecule has 4 rings (SSSR count). The second kappa shape index (κ2) is 8.26. The van der Waals surface area contributed by atoms with Crippen molar-refractivity contribution < 1.29 is 19.3 Å². The molecule has 0 radical (unpaired) electrons. The van der Waals surface area contributed by atoms with Crippen LogP contribution in [0.4, 0.5) is 11.4 Å². The minimum Gasteiger partial charge on any atom is -0.290 e. The highest BCUT2D eigenvalue weighted by Crippen LogP contribution is 2.26. The molecule has 1 aliphatic heterocycles. The average Bonchev–Trinajstić information content (AvgIpc) is 3.02. The Morgan fingerprint density at radius 3 is 1.97 bits per heavy atom. The van der Waals surface area contributed by atoms with Gasteiger partial charge in [0, 0.05) is 27.0 Å². The second-order valence-corrected chi connectivity index (χ2v) is 7.98. The largest absolute Gasteiger partial charge is 0.290 e. The maximum atomic E-state index is 13.3. The fourth-order valence-corrected chi connectivity index (χ4v) is 3.63. The van der Waals surface area contributed by atoms with Crippen molar-refractivity contribution in [3.8, 4) is 0 Å². The number of rotatable bonds is 5. The van der Waals surface area contributed by atoms with E-state index in [2.05, 4.69) is 22.6 Å². The fraction of sp³-hybridized carbons (Fsp3) is 0.0455. The summed E-state index contributed by atoms with van der Waals surface area (Å²) in [5.74, 6) is -1.45. The standard InChI is InChI=1S/C22H14IN3O5/c23-15-7-11-16(12-8-15)24(20(27)14-5-9-17(10-6-14)26(30)31)13-25-21(28)18-3-1-2-4-19(18)22(25)29/h1-12H,13H2. The summed E-state index contributed by atoms with van der Waals surface area (Å²) in [6, 6.07) is 18.7. The first kappa shape index (κ1) is 20.7. The van der Waals surface area contributed by atoms with Gasteiger partial charge in [0.25, 0.3) is 23.4 Å². The van der Waals surface area contributed by atoms with Crippen LogP contribution in [-0.4, -0.2) is 34.2 Å². The molecule has 0 saturated heterocycles. The molecule has 0 spiro atoms. The van der Waals surface area contributed by atoms with E-state index >= 15 is 0 Å². The summed E-state index contributed by atoms with van der Waals surface area (Å²) in [5, 5.41) is 10.9. The van der Waals surface area contributed by atoms with Crippen LogP contribution < -0.4 is 4.90 Å². The average molecular weight is 527 g/mol. The Kier molecular flexibility index (Phi) is 5.51. The number of amides is 3. The van der Waals surface area contributed by atoms with E-state index in [0.717, 1.165) is 8.47 Å². The first-order chi connectivity index (χ1) is 14.9. The van der Waals surface area contributed by atoms with Crippen molar-refractivity contribution in [2.24, 2.45) is 0 Å². The summed E-state index contributed by atoms with van der Waals surface area (Å²) in [6.07, 6.45) is 0. The summed E-state index contributed by atoms with van der Waals surface area (Å²) in [6.45, 7) is -0.289. The van der Waals surface area contributed by atoms with Gasteiger partial charge in [-0.2, -0.15) is 0 Å². The van der Waals surface area contributed by atoms with Crippen molar-refractivity contribution in [3.05, 3.63) is 103 Å². The van der Waals surface area contributed by atoms with Gasteiger partial charge in [-0.15, -0.1) is 0 Å². The number of carbonyl (C=O) groups is 3. The van der Waals surface area contributed by atoms with E-state index in [4.69, 9.17) is 0 Å². The number of fused-ring (bicyclic) bond motifs is 1. The molecule has 0 atom stereocenters. The molecule has 0 aromatic heterocycles. The molecule has 0 unspecified atom stereocenters. The number of benzene rings is 3. The van der Waals surface area contributed by atoms with Crippen LogP contribution in [0.5, 0.6) is 0 Å². The third-order valence-electron chi connectivity index (χ3n) is 4.87. The Morgan fingerprint density at radius 1 is 0.903 bits per heavy atom. The van der Waals surface area contributed by atoms with Crippen LogP contribution in [-0.2, 0) is 0 Å². The molecule has 3 amide bonds. The number of hydrogen-bond donors (Lipinski definition) is 0. The smallest absolute Gasteiger partial charge is 0.269 e. The van der Waals surface area contributed by atoms with Crippen molar-refractivity contribution >= 4 is 51.7 Å². The number of imide groups is 1. The summed E-state index contributed by atoms with van der Waals surface area (Å²) in [7, 11) is 0. The lowest BCUT2D eigenvalue weighted by molar-refractivity contribution is -0.384. The molecule has 1 heterocycles. The Balaban J connectivity index is 1.69. The molecule has 0 aliphatic carbocycles. The predicted octanol–water partition coefficient (Wildman–Crippen LogP) is 4.10. The Morgan fingerprint density at radius 2 is 1.45 bits per heavy atom. The normalized spacial score (nSPS) is 12.6. The van der Waals surface area contributed by atoms with E-state index in [9.17, 15) is 24.5 Å². The van der Waals surface area contributed by atoms with Crippen molar-refractivity contribution in [1.29, 1.82) is 0 Å². The molecular formula is C22H14IN3O5. The first-order valence-corrected chi connectivity index (χ1v) is 10.2. The van der Waals surface area contributed by atoms with Crippen molar-refractivity contribution in [1.82, 2.24) is 4.90 Å². The van der Waals surface area contributed by atoms with Crippen molar-refractivity contribution in [3.63, 3.8) is 0 Å². The Bertz CT molecular complexity index is 1170. The molecule has 154 valence electrons. The molecule has 0 saturated carbocycles. The zero-order valence-electron chi connectivity index (χ0n) is 15.9. The van der Waals surface area contributed by atoms with Gasteiger partial charge in [0.05, 0.1) is 16.1 Å². The Hall–Kier alpha value is -3.60. The van der Waals surface area contributed by atoms with Crippen LogP contribution in [0.1, 0.15) is 31.1 Å². The zero-order chi connectivity index (χ0) is 22.1. The van der Waals surface area contributed by atoms with Gasteiger partial charge < -0.3 is 0 Å². The number of anilines is 1. The highest BCUT2D eigenvalue weighted by atomic mass is 127. The number of nitro groups is 1. The Labute approximate surface area is 190 Å². The van der Waals surface area contributed by atoms with Crippen LogP contribution in [0.2, 0.25) is 0 Å². The molecular weight excluding hydrogens is 513 g/mol. The van der Waals surface area contributed by atoms with Crippen LogP contribution in [0.15, 0.2) is 72.8 Å². The predicted molar refractivity (Wildman–Crippen MR) is 121 cm³/mol. The van der Waals surface area contributed by atoms with Crippen LogP contribution >= 0.6 is 22.6 Å². The number of carbonyl (C=O) groups excluding carboxylic acids is 3. The van der Waals surface area contributed by atoms with Gasteiger partial charge in [-0.05, 0) is 71.1 Å². The maximum Gasteiger partial charge on any atom is 0.269 e. The number of nitro benzene ring substituents is 1. The van der Waals surface area contributed by atoms with Crippen LogP contribution in [0.25, 0.3) is 0 Å². The van der Waals surface area contributed by atoms with E-state index in [-0.39, 0.29) is 29.0 Å². The topological polar surface area (TPSA) is 101 Å². The molecule has 31 heavy (non-hydrogen) atoms. The quantitative estimate of drug-likeness (QED) is 0.215. The number of halogens is 1. The summed E-state index contributed by atoms with van der Waals surface area (Å²) >= 11 is 2.13. The molecule has 0 fully saturated rings. The molecule has 3 aromatic rings. The van der Waals surface area contributed by atoms with Crippen molar-refractivity contribution in [2.75, 3.05) is 11.6 Å². The van der Waals surface area contributed by atoms with Crippen molar-refractivity contribution in [2.45, 2.75) is 0 Å². The number of non-ortho nitro benzene ring substituents is 1. The van der Waals surface area contributed by atoms with E-state index in [0.29, 0.717) is 5.69 Å². The zero-order valence-corrected chi connectivity index (χ0v) is 18.1. The SMILES string of the molecule is O=C1c2ccccc2C(=O)N1CN(C(=O)c1ccc([N+](=O)[O-])cc1)c1ccc(I)cc1. The summed E-state index contributed by atoms with van der Waals surface area (Å²) < 4.78 is 0.949. The van der Waals surface area contributed by atoms with Crippen LogP contribution in [0.3, 0.4) is 0 Å². The maximum absolute atomic E-state index is 13.3. The lowest BCUT2D eigenvalue weighted by atomic mass is 10.1.